The van der Waals surface area contributed by atoms with Crippen molar-refractivity contribution >= 4 is 5.97 Å². The van der Waals surface area contributed by atoms with Gasteiger partial charge in [-0.15, -0.1) is 0 Å². The number of hydrogen-bond donors (Lipinski definition) is 0. The third-order valence-corrected chi connectivity index (χ3v) is 2.23. The zero-order chi connectivity index (χ0) is 10.0. The van der Waals surface area contributed by atoms with E-state index in [0.29, 0.717) is 5.92 Å². The van der Waals surface area contributed by atoms with Crippen molar-refractivity contribution in [1.29, 1.82) is 0 Å². The summed E-state index contributed by atoms with van der Waals surface area (Å²) in [5.74, 6) is 0.823. The summed E-state index contributed by atoms with van der Waals surface area (Å²) in [6, 6.07) is 0. The number of allylic oxidation sites excluding steroid dienone is 1. The minimum Gasteiger partial charge on any atom is -0.492 e. The quantitative estimate of drug-likeness (QED) is 0.584. The SMILES string of the molecule is C=C1CC(C)C(OC(C)=O)C(C)O1. The van der Waals surface area contributed by atoms with Crippen LogP contribution in [0.2, 0.25) is 0 Å². The molecule has 3 atom stereocenters. The van der Waals surface area contributed by atoms with Gasteiger partial charge in [-0.3, -0.25) is 4.79 Å². The molecule has 0 N–H and O–H groups in total. The summed E-state index contributed by atoms with van der Waals surface area (Å²) >= 11 is 0. The van der Waals surface area contributed by atoms with Gasteiger partial charge in [0.05, 0.1) is 5.76 Å². The van der Waals surface area contributed by atoms with Crippen LogP contribution in [0.4, 0.5) is 0 Å². The van der Waals surface area contributed by atoms with Gasteiger partial charge < -0.3 is 9.47 Å². The van der Waals surface area contributed by atoms with E-state index in [2.05, 4.69) is 6.58 Å². The van der Waals surface area contributed by atoms with E-state index in [1.807, 2.05) is 13.8 Å². The lowest BCUT2D eigenvalue weighted by molar-refractivity contribution is -0.161. The van der Waals surface area contributed by atoms with Crippen LogP contribution < -0.4 is 0 Å². The van der Waals surface area contributed by atoms with Crippen LogP contribution in [0.15, 0.2) is 12.3 Å². The van der Waals surface area contributed by atoms with E-state index in [1.165, 1.54) is 6.92 Å². The molecule has 13 heavy (non-hydrogen) atoms. The monoisotopic (exact) mass is 184 g/mol. The molecule has 0 radical (unpaired) electrons. The zero-order valence-corrected chi connectivity index (χ0v) is 8.37. The first-order valence-electron chi connectivity index (χ1n) is 4.52. The molecule has 1 rings (SSSR count). The Balaban J connectivity index is 2.61. The zero-order valence-electron chi connectivity index (χ0n) is 8.37. The molecule has 3 unspecified atom stereocenters. The molecule has 1 aliphatic heterocycles. The van der Waals surface area contributed by atoms with Gasteiger partial charge in [-0.2, -0.15) is 0 Å². The van der Waals surface area contributed by atoms with Crippen molar-refractivity contribution in [1.82, 2.24) is 0 Å². The Labute approximate surface area is 78.7 Å². The first-order chi connectivity index (χ1) is 6.00. The Morgan fingerprint density at radius 2 is 2.23 bits per heavy atom. The largest absolute Gasteiger partial charge is 0.492 e. The molecular weight excluding hydrogens is 168 g/mol. The summed E-state index contributed by atoms with van der Waals surface area (Å²) in [4.78, 5) is 10.8. The first-order valence-corrected chi connectivity index (χ1v) is 4.52. The van der Waals surface area contributed by atoms with E-state index in [1.54, 1.807) is 0 Å². The number of carbonyl (C=O) groups excluding carboxylic acids is 1. The Bertz CT molecular complexity index is 208. The molecule has 0 aromatic carbocycles. The van der Waals surface area contributed by atoms with Crippen LogP contribution in [0.3, 0.4) is 0 Å². The van der Waals surface area contributed by atoms with Gasteiger partial charge >= 0.3 is 5.97 Å². The molecule has 0 aliphatic carbocycles. The van der Waals surface area contributed by atoms with Gasteiger partial charge in [0.2, 0.25) is 0 Å². The Hall–Kier alpha value is -0.990. The van der Waals surface area contributed by atoms with Gasteiger partial charge in [-0.25, -0.2) is 0 Å². The van der Waals surface area contributed by atoms with Crippen molar-refractivity contribution in [3.8, 4) is 0 Å². The Morgan fingerprint density at radius 3 is 2.69 bits per heavy atom. The molecule has 0 bridgehead atoms. The van der Waals surface area contributed by atoms with Crippen LogP contribution in [0.1, 0.15) is 27.2 Å². The fraction of sp³-hybridized carbons (Fsp3) is 0.700. The normalized spacial score (nSPS) is 33.8. The average molecular weight is 184 g/mol. The second kappa shape index (κ2) is 3.81. The fourth-order valence-corrected chi connectivity index (χ4v) is 1.72. The lowest BCUT2D eigenvalue weighted by atomic mass is 9.93. The number of ether oxygens (including phenoxy) is 2. The van der Waals surface area contributed by atoms with Gasteiger partial charge in [0.25, 0.3) is 0 Å². The van der Waals surface area contributed by atoms with Crippen LogP contribution in [0.25, 0.3) is 0 Å². The van der Waals surface area contributed by atoms with Crippen LogP contribution in [-0.2, 0) is 14.3 Å². The molecule has 0 aromatic heterocycles. The number of esters is 1. The van der Waals surface area contributed by atoms with Crippen LogP contribution in [0, 0.1) is 5.92 Å². The van der Waals surface area contributed by atoms with Crippen molar-refractivity contribution in [3.05, 3.63) is 12.3 Å². The molecule has 3 heteroatoms. The number of carbonyl (C=O) groups is 1. The van der Waals surface area contributed by atoms with Gasteiger partial charge in [0.1, 0.15) is 12.2 Å². The third-order valence-electron chi connectivity index (χ3n) is 2.23. The Morgan fingerprint density at radius 1 is 1.62 bits per heavy atom. The van der Waals surface area contributed by atoms with Crippen LogP contribution in [-0.4, -0.2) is 18.2 Å². The summed E-state index contributed by atoms with van der Waals surface area (Å²) in [5, 5.41) is 0. The lowest BCUT2D eigenvalue weighted by Crippen LogP contribution is -2.40. The smallest absolute Gasteiger partial charge is 0.303 e. The third kappa shape index (κ3) is 2.47. The molecule has 0 spiro atoms. The summed E-state index contributed by atoms with van der Waals surface area (Å²) in [7, 11) is 0. The summed E-state index contributed by atoms with van der Waals surface area (Å²) in [6.07, 6.45) is 0.547. The highest BCUT2D eigenvalue weighted by Gasteiger charge is 2.33. The maximum Gasteiger partial charge on any atom is 0.303 e. The molecule has 0 saturated carbocycles. The van der Waals surface area contributed by atoms with Crippen molar-refractivity contribution in [2.75, 3.05) is 0 Å². The summed E-state index contributed by atoms with van der Waals surface area (Å²) < 4.78 is 10.6. The van der Waals surface area contributed by atoms with Gasteiger partial charge in [-0.1, -0.05) is 13.5 Å². The van der Waals surface area contributed by atoms with E-state index in [9.17, 15) is 4.79 Å². The average Bonchev–Trinajstić information content (AvgIpc) is 1.96. The highest BCUT2D eigenvalue weighted by Crippen LogP contribution is 2.28. The van der Waals surface area contributed by atoms with Crippen molar-refractivity contribution in [2.24, 2.45) is 5.92 Å². The molecule has 0 aromatic rings. The highest BCUT2D eigenvalue weighted by atomic mass is 16.6. The van der Waals surface area contributed by atoms with Gasteiger partial charge in [-0.05, 0) is 6.92 Å². The second-order valence-corrected chi connectivity index (χ2v) is 3.62. The van der Waals surface area contributed by atoms with Crippen molar-refractivity contribution in [3.63, 3.8) is 0 Å². The number of hydrogen-bond acceptors (Lipinski definition) is 3. The Kier molecular flexibility index (Phi) is 2.96. The second-order valence-electron chi connectivity index (χ2n) is 3.62. The van der Waals surface area contributed by atoms with Crippen molar-refractivity contribution in [2.45, 2.75) is 39.4 Å². The van der Waals surface area contributed by atoms with E-state index in [-0.39, 0.29) is 18.2 Å². The molecule has 1 aliphatic rings. The predicted octanol–water partition coefficient (Wildman–Crippen LogP) is 1.88. The highest BCUT2D eigenvalue weighted by molar-refractivity contribution is 5.66. The van der Waals surface area contributed by atoms with E-state index in [4.69, 9.17) is 9.47 Å². The van der Waals surface area contributed by atoms with Crippen molar-refractivity contribution < 1.29 is 14.3 Å². The van der Waals surface area contributed by atoms with Gasteiger partial charge in [0, 0.05) is 19.3 Å². The fourth-order valence-electron chi connectivity index (χ4n) is 1.72. The molecule has 0 amide bonds. The van der Waals surface area contributed by atoms with Crippen LogP contribution in [0.5, 0.6) is 0 Å². The molecule has 3 nitrogen and oxygen atoms in total. The minimum atomic E-state index is -0.250. The molecule has 74 valence electrons. The topological polar surface area (TPSA) is 35.5 Å². The maximum atomic E-state index is 10.8. The lowest BCUT2D eigenvalue weighted by Gasteiger charge is -2.35. The standard InChI is InChI=1S/C10H16O3/c1-6-5-7(2)12-8(3)10(6)13-9(4)11/h6,8,10H,2,5H2,1,3-4H3. The predicted molar refractivity (Wildman–Crippen MR) is 49.0 cm³/mol. The minimum absolute atomic E-state index is 0.0832. The van der Waals surface area contributed by atoms with E-state index >= 15 is 0 Å². The first kappa shape index (κ1) is 10.1. The maximum absolute atomic E-state index is 10.8. The molecular formula is C10H16O3. The van der Waals surface area contributed by atoms with E-state index in [0.717, 1.165) is 12.2 Å². The van der Waals surface area contributed by atoms with Gasteiger partial charge in [0.15, 0.2) is 0 Å². The summed E-state index contributed by atoms with van der Waals surface area (Å²) in [5.41, 5.74) is 0. The van der Waals surface area contributed by atoms with E-state index < -0.39 is 0 Å². The molecule has 1 heterocycles. The summed E-state index contributed by atoms with van der Waals surface area (Å²) in [6.45, 7) is 9.12. The van der Waals surface area contributed by atoms with Crippen LogP contribution >= 0.6 is 0 Å². The number of rotatable bonds is 1. The molecule has 1 fully saturated rings. The molecule has 1 saturated heterocycles.